The van der Waals surface area contributed by atoms with Gasteiger partial charge in [0.25, 0.3) is 5.82 Å². The Bertz CT molecular complexity index is 1390. The Morgan fingerprint density at radius 3 is 2.09 bits per heavy atom. The quantitative estimate of drug-likeness (QED) is 0.273. The number of para-hydroxylation sites is 2. The number of hydrogen-bond donors (Lipinski definition) is 0. The van der Waals surface area contributed by atoms with Gasteiger partial charge in [-0.1, -0.05) is 80.6 Å². The van der Waals surface area contributed by atoms with Crippen LogP contribution in [0.25, 0.3) is 39.2 Å². The largest absolute Gasteiger partial charge is 0.295 e. The molecule has 0 fully saturated rings. The van der Waals surface area contributed by atoms with E-state index in [1.165, 1.54) is 50.4 Å². The van der Waals surface area contributed by atoms with E-state index < -0.39 is 0 Å². The Balaban J connectivity index is 1.75. The van der Waals surface area contributed by atoms with Gasteiger partial charge in [-0.05, 0) is 65.4 Å². The van der Waals surface area contributed by atoms with Crippen LogP contribution in [0.15, 0.2) is 97.1 Å². The number of aryl methyl sites for hydroxylation is 2. The lowest BCUT2D eigenvalue weighted by Crippen LogP contribution is -2.30. The molecule has 5 aromatic rings. The van der Waals surface area contributed by atoms with Crippen LogP contribution in [-0.4, -0.2) is 4.57 Å². The van der Waals surface area contributed by atoms with Crippen molar-refractivity contribution in [3.8, 4) is 28.2 Å². The van der Waals surface area contributed by atoms with Crippen LogP contribution in [0.3, 0.4) is 0 Å². The Morgan fingerprint density at radius 2 is 1.38 bits per heavy atom. The van der Waals surface area contributed by atoms with Crippen LogP contribution in [0.4, 0.5) is 0 Å². The molecule has 0 saturated carbocycles. The molecule has 0 aliphatic carbocycles. The topological polar surface area (TPSA) is 8.81 Å². The molecule has 2 nitrogen and oxygen atoms in total. The highest BCUT2D eigenvalue weighted by molar-refractivity contribution is 5.80. The molecule has 0 N–H and O–H groups in total. The minimum absolute atomic E-state index is 0.489. The van der Waals surface area contributed by atoms with Gasteiger partial charge in [0.15, 0.2) is 11.0 Å². The van der Waals surface area contributed by atoms with Crippen molar-refractivity contribution in [3.63, 3.8) is 0 Å². The lowest BCUT2D eigenvalue weighted by molar-refractivity contribution is -0.633. The highest BCUT2D eigenvalue weighted by atomic mass is 15.2. The van der Waals surface area contributed by atoms with Crippen molar-refractivity contribution < 1.29 is 4.57 Å². The van der Waals surface area contributed by atoms with Gasteiger partial charge in [-0.25, -0.2) is 4.57 Å². The third-order valence-electron chi connectivity index (χ3n) is 6.42. The molecule has 0 aliphatic heterocycles. The molecule has 1 aromatic heterocycles. The SMILES string of the molecule is Cc1ccc(C(C)C)cc1-c1n(-c2ccc(-c3ccccc3)cc2)c2ccccc2[n+]1C. The third-order valence-corrected chi connectivity index (χ3v) is 6.42. The van der Waals surface area contributed by atoms with Gasteiger partial charge < -0.3 is 0 Å². The maximum absolute atomic E-state index is 2.40. The average molecular weight is 418 g/mol. The predicted molar refractivity (Wildman–Crippen MR) is 134 cm³/mol. The summed E-state index contributed by atoms with van der Waals surface area (Å²) >= 11 is 0. The summed E-state index contributed by atoms with van der Waals surface area (Å²) < 4.78 is 4.73. The zero-order valence-electron chi connectivity index (χ0n) is 19.2. The summed E-state index contributed by atoms with van der Waals surface area (Å²) in [6.07, 6.45) is 0. The molecule has 32 heavy (non-hydrogen) atoms. The van der Waals surface area contributed by atoms with Gasteiger partial charge >= 0.3 is 0 Å². The van der Waals surface area contributed by atoms with Gasteiger partial charge in [0, 0.05) is 0 Å². The number of nitrogens with zero attached hydrogens (tertiary/aromatic N) is 2. The second kappa shape index (κ2) is 8.12. The highest BCUT2D eigenvalue weighted by Crippen LogP contribution is 2.32. The molecule has 0 saturated heterocycles. The van der Waals surface area contributed by atoms with E-state index in [0.29, 0.717) is 5.92 Å². The molecule has 0 aliphatic rings. The fourth-order valence-corrected chi connectivity index (χ4v) is 4.55. The second-order valence-corrected chi connectivity index (χ2v) is 8.85. The van der Waals surface area contributed by atoms with Crippen LogP contribution < -0.4 is 4.57 Å². The summed E-state index contributed by atoms with van der Waals surface area (Å²) in [5.41, 5.74) is 10.0. The van der Waals surface area contributed by atoms with Crippen LogP contribution in [0, 0.1) is 6.92 Å². The molecule has 2 heteroatoms. The molecule has 0 radical (unpaired) electrons. The van der Waals surface area contributed by atoms with E-state index in [9.17, 15) is 0 Å². The molecule has 4 aromatic carbocycles. The number of rotatable bonds is 4. The second-order valence-electron chi connectivity index (χ2n) is 8.85. The number of hydrogen-bond acceptors (Lipinski definition) is 0. The van der Waals surface area contributed by atoms with Gasteiger partial charge in [0.1, 0.15) is 5.69 Å². The lowest BCUT2D eigenvalue weighted by atomic mass is 9.97. The number of fused-ring (bicyclic) bond motifs is 1. The minimum Gasteiger partial charge on any atom is -0.225 e. The lowest BCUT2D eigenvalue weighted by Gasteiger charge is -2.11. The Labute approximate surface area is 190 Å². The molecule has 5 rings (SSSR count). The molecule has 0 atom stereocenters. The number of imidazole rings is 1. The maximum atomic E-state index is 2.40. The first-order valence-corrected chi connectivity index (χ1v) is 11.3. The summed E-state index contributed by atoms with van der Waals surface area (Å²) in [6, 6.07) is 35.0. The third kappa shape index (κ3) is 3.42. The fraction of sp³-hybridized carbons (Fsp3) is 0.167. The fourth-order valence-electron chi connectivity index (χ4n) is 4.55. The van der Waals surface area contributed by atoms with Gasteiger partial charge in [-0.3, -0.25) is 0 Å². The van der Waals surface area contributed by atoms with Gasteiger partial charge in [-0.15, -0.1) is 0 Å². The van der Waals surface area contributed by atoms with Crippen molar-refractivity contribution in [3.05, 3.63) is 108 Å². The van der Waals surface area contributed by atoms with Crippen molar-refractivity contribution in [2.75, 3.05) is 0 Å². The zero-order valence-corrected chi connectivity index (χ0v) is 19.2. The Morgan fingerprint density at radius 1 is 0.719 bits per heavy atom. The maximum Gasteiger partial charge on any atom is 0.295 e. The average Bonchev–Trinajstić information content (AvgIpc) is 3.12. The number of benzene rings is 4. The monoisotopic (exact) mass is 417 g/mol. The van der Waals surface area contributed by atoms with Crippen molar-refractivity contribution in [2.45, 2.75) is 26.7 Å². The van der Waals surface area contributed by atoms with Gasteiger partial charge in [-0.2, -0.15) is 4.57 Å². The van der Waals surface area contributed by atoms with Crippen molar-refractivity contribution in [1.82, 2.24) is 4.57 Å². The molecule has 1 heterocycles. The first kappa shape index (κ1) is 20.3. The predicted octanol–water partition coefficient (Wildman–Crippen LogP) is 7.22. The van der Waals surface area contributed by atoms with Crippen LogP contribution in [0.5, 0.6) is 0 Å². The molecular weight excluding hydrogens is 388 g/mol. The summed E-state index contributed by atoms with van der Waals surface area (Å²) in [4.78, 5) is 0. The van der Waals surface area contributed by atoms with Gasteiger partial charge in [0.2, 0.25) is 0 Å². The van der Waals surface area contributed by atoms with Crippen molar-refractivity contribution in [2.24, 2.45) is 7.05 Å². The van der Waals surface area contributed by atoms with E-state index in [4.69, 9.17) is 0 Å². The normalized spacial score (nSPS) is 11.4. The Kier molecular flexibility index (Phi) is 5.14. The van der Waals surface area contributed by atoms with Crippen molar-refractivity contribution >= 4 is 11.0 Å². The van der Waals surface area contributed by atoms with Gasteiger partial charge in [0.05, 0.1) is 12.6 Å². The Hall–Kier alpha value is -3.65. The number of aromatic nitrogens is 2. The first-order chi connectivity index (χ1) is 15.5. The smallest absolute Gasteiger partial charge is 0.225 e. The molecular formula is C30H29N2+. The van der Waals surface area contributed by atoms with Crippen molar-refractivity contribution in [1.29, 1.82) is 0 Å². The molecule has 0 bridgehead atoms. The standard InChI is InChI=1S/C30H29N2/c1-21(2)25-15-14-22(3)27(20-25)30-31(4)28-12-8-9-13-29(28)32(30)26-18-16-24(17-19-26)23-10-6-5-7-11-23/h5-21H,1-4H3/q+1. The summed E-state index contributed by atoms with van der Waals surface area (Å²) in [7, 11) is 2.17. The molecule has 0 spiro atoms. The molecule has 158 valence electrons. The van der Waals surface area contributed by atoms with E-state index in [-0.39, 0.29) is 0 Å². The van der Waals surface area contributed by atoms with Crippen LogP contribution >= 0.6 is 0 Å². The van der Waals surface area contributed by atoms with E-state index >= 15 is 0 Å². The first-order valence-electron chi connectivity index (χ1n) is 11.3. The van der Waals surface area contributed by atoms with Crippen LogP contribution in [0.1, 0.15) is 30.9 Å². The van der Waals surface area contributed by atoms with Crippen LogP contribution in [-0.2, 0) is 7.05 Å². The molecule has 0 amide bonds. The zero-order chi connectivity index (χ0) is 22.2. The minimum atomic E-state index is 0.489. The van der Waals surface area contributed by atoms with E-state index in [1.807, 2.05) is 0 Å². The van der Waals surface area contributed by atoms with E-state index in [0.717, 1.165) is 0 Å². The van der Waals surface area contributed by atoms with E-state index in [1.54, 1.807) is 0 Å². The van der Waals surface area contributed by atoms with Crippen LogP contribution in [0.2, 0.25) is 0 Å². The summed E-state index contributed by atoms with van der Waals surface area (Å²) in [5, 5.41) is 0. The summed E-state index contributed by atoms with van der Waals surface area (Å²) in [5.74, 6) is 1.70. The highest BCUT2D eigenvalue weighted by Gasteiger charge is 2.27. The molecule has 0 unspecified atom stereocenters. The summed E-state index contributed by atoms with van der Waals surface area (Å²) in [6.45, 7) is 6.72. The van der Waals surface area contributed by atoms with E-state index in [2.05, 4.69) is 134 Å².